The van der Waals surface area contributed by atoms with Gasteiger partial charge in [-0.25, -0.2) is 0 Å². The largest absolute Gasteiger partial charge is 0.335 e. The van der Waals surface area contributed by atoms with E-state index in [1.807, 2.05) is 19.0 Å². The van der Waals surface area contributed by atoms with Gasteiger partial charge in [-0.05, 0) is 38.5 Å². The van der Waals surface area contributed by atoms with Gasteiger partial charge in [-0.1, -0.05) is 11.3 Å². The molecule has 1 aliphatic heterocycles. The highest BCUT2D eigenvalue weighted by Crippen LogP contribution is 2.20. The van der Waals surface area contributed by atoms with Gasteiger partial charge in [0, 0.05) is 19.1 Å². The van der Waals surface area contributed by atoms with Crippen LogP contribution in [0.2, 0.25) is 4.47 Å². The van der Waals surface area contributed by atoms with Crippen LogP contribution in [0, 0.1) is 0 Å². The maximum Gasteiger partial charge on any atom is 0.284 e. The quantitative estimate of drug-likeness (QED) is 0.817. The first-order valence-corrected chi connectivity index (χ1v) is 6.72. The third-order valence-electron chi connectivity index (χ3n) is 3.00. The minimum atomic E-state index is -0.0547. The molecule has 1 unspecified atom stereocenters. The normalized spacial score (nSPS) is 20.9. The van der Waals surface area contributed by atoms with Gasteiger partial charge in [0.1, 0.15) is 0 Å². The second-order valence-electron chi connectivity index (χ2n) is 4.37. The zero-order valence-electron chi connectivity index (χ0n) is 9.89. The van der Waals surface area contributed by atoms with Crippen molar-refractivity contribution in [3.8, 4) is 0 Å². The van der Waals surface area contributed by atoms with Crippen molar-refractivity contribution >= 4 is 28.8 Å². The van der Waals surface area contributed by atoms with Crippen LogP contribution in [-0.4, -0.2) is 59.1 Å². The van der Waals surface area contributed by atoms with E-state index in [0.717, 1.165) is 37.3 Å². The van der Waals surface area contributed by atoms with E-state index >= 15 is 0 Å². The van der Waals surface area contributed by atoms with E-state index < -0.39 is 0 Å². The molecule has 0 saturated carbocycles. The van der Waals surface area contributed by atoms with Crippen LogP contribution >= 0.6 is 22.9 Å². The summed E-state index contributed by atoms with van der Waals surface area (Å²) in [5.41, 5.74) is 0. The molecule has 1 atom stereocenters. The van der Waals surface area contributed by atoms with Crippen LogP contribution in [-0.2, 0) is 0 Å². The molecule has 1 aromatic rings. The molecule has 0 spiro atoms. The first kappa shape index (κ1) is 12.7. The fraction of sp³-hybridized carbons (Fsp3) is 0.700. The minimum Gasteiger partial charge on any atom is -0.335 e. The fourth-order valence-electron chi connectivity index (χ4n) is 1.99. The smallest absolute Gasteiger partial charge is 0.284 e. The van der Waals surface area contributed by atoms with Crippen molar-refractivity contribution in [2.24, 2.45) is 0 Å². The molecule has 2 heterocycles. The highest BCUT2D eigenvalue weighted by molar-refractivity contribution is 7.17. The monoisotopic (exact) mass is 274 g/mol. The number of piperidine rings is 1. The number of hydrogen-bond donors (Lipinski definition) is 0. The SMILES string of the molecule is CN(C)C1CCCN(C(=O)c2nnc(Cl)s2)C1. The summed E-state index contributed by atoms with van der Waals surface area (Å²) < 4.78 is 0.314. The number of carbonyl (C=O) groups is 1. The summed E-state index contributed by atoms with van der Waals surface area (Å²) in [7, 11) is 4.08. The summed E-state index contributed by atoms with van der Waals surface area (Å²) in [5, 5.41) is 7.84. The Morgan fingerprint density at radius 2 is 2.29 bits per heavy atom. The van der Waals surface area contributed by atoms with Crippen molar-refractivity contribution in [3.05, 3.63) is 9.47 Å². The van der Waals surface area contributed by atoms with E-state index in [2.05, 4.69) is 15.1 Å². The molecule has 1 aromatic heterocycles. The molecule has 0 N–H and O–H groups in total. The molecule has 1 saturated heterocycles. The average molecular weight is 275 g/mol. The minimum absolute atomic E-state index is 0.0547. The van der Waals surface area contributed by atoms with Crippen LogP contribution in [0.25, 0.3) is 0 Å². The zero-order valence-corrected chi connectivity index (χ0v) is 11.5. The molecule has 5 nitrogen and oxygen atoms in total. The second-order valence-corrected chi connectivity index (χ2v) is 5.93. The van der Waals surface area contributed by atoms with Gasteiger partial charge in [-0.15, -0.1) is 10.2 Å². The molecule has 1 aliphatic rings. The van der Waals surface area contributed by atoms with Gasteiger partial charge in [-0.3, -0.25) is 4.79 Å². The average Bonchev–Trinajstić information content (AvgIpc) is 2.75. The summed E-state index contributed by atoms with van der Waals surface area (Å²) in [6.07, 6.45) is 2.16. The number of halogens is 1. The fourth-order valence-corrected chi connectivity index (χ4v) is 2.78. The molecule has 2 rings (SSSR count). The van der Waals surface area contributed by atoms with Crippen molar-refractivity contribution in [2.75, 3.05) is 27.2 Å². The van der Waals surface area contributed by atoms with Crippen molar-refractivity contribution in [1.29, 1.82) is 0 Å². The van der Waals surface area contributed by atoms with Gasteiger partial charge in [0.25, 0.3) is 5.91 Å². The molecule has 0 aromatic carbocycles. The zero-order chi connectivity index (χ0) is 12.4. The number of likely N-dealkylation sites (N-methyl/N-ethyl adjacent to an activating group) is 1. The first-order chi connectivity index (χ1) is 8.08. The Bertz CT molecular complexity index is 409. The Hall–Kier alpha value is -0.720. The highest BCUT2D eigenvalue weighted by Gasteiger charge is 2.27. The van der Waals surface area contributed by atoms with Crippen molar-refractivity contribution in [3.63, 3.8) is 0 Å². The summed E-state index contributed by atoms with van der Waals surface area (Å²) in [6.45, 7) is 1.55. The summed E-state index contributed by atoms with van der Waals surface area (Å²) >= 11 is 6.83. The van der Waals surface area contributed by atoms with Gasteiger partial charge in [0.05, 0.1) is 0 Å². The van der Waals surface area contributed by atoms with Gasteiger partial charge < -0.3 is 9.80 Å². The van der Waals surface area contributed by atoms with Crippen molar-refractivity contribution in [1.82, 2.24) is 20.0 Å². The lowest BCUT2D eigenvalue weighted by molar-refractivity contribution is 0.0634. The van der Waals surface area contributed by atoms with E-state index in [-0.39, 0.29) is 5.91 Å². The molecular formula is C10H15ClN4OS. The van der Waals surface area contributed by atoms with Crippen molar-refractivity contribution in [2.45, 2.75) is 18.9 Å². The van der Waals surface area contributed by atoms with Gasteiger partial charge in [0.2, 0.25) is 9.47 Å². The van der Waals surface area contributed by atoms with Gasteiger partial charge >= 0.3 is 0 Å². The lowest BCUT2D eigenvalue weighted by Gasteiger charge is -2.35. The maximum absolute atomic E-state index is 12.1. The number of likely N-dealkylation sites (tertiary alicyclic amines) is 1. The van der Waals surface area contributed by atoms with E-state index in [4.69, 9.17) is 11.6 Å². The maximum atomic E-state index is 12.1. The number of rotatable bonds is 2. The molecular weight excluding hydrogens is 260 g/mol. The van der Waals surface area contributed by atoms with Gasteiger partial charge in [-0.2, -0.15) is 0 Å². The Balaban J connectivity index is 2.04. The molecule has 7 heteroatoms. The number of aromatic nitrogens is 2. The standard InChI is InChI=1S/C10H15ClN4OS/c1-14(2)7-4-3-5-15(6-7)9(16)8-12-13-10(11)17-8/h7H,3-6H2,1-2H3. The number of hydrogen-bond acceptors (Lipinski definition) is 5. The summed E-state index contributed by atoms with van der Waals surface area (Å²) in [5.74, 6) is -0.0547. The topological polar surface area (TPSA) is 49.3 Å². The predicted octanol–water partition coefficient (Wildman–Crippen LogP) is 1.36. The van der Waals surface area contributed by atoms with E-state index in [0.29, 0.717) is 15.5 Å². The highest BCUT2D eigenvalue weighted by atomic mass is 35.5. The number of nitrogens with zero attached hydrogens (tertiary/aromatic N) is 4. The van der Waals surface area contributed by atoms with Crippen LogP contribution in [0.15, 0.2) is 0 Å². The van der Waals surface area contributed by atoms with Crippen LogP contribution in [0.3, 0.4) is 0 Å². The summed E-state index contributed by atoms with van der Waals surface area (Å²) in [4.78, 5) is 16.1. The molecule has 0 radical (unpaired) electrons. The Kier molecular flexibility index (Phi) is 3.96. The molecule has 94 valence electrons. The molecule has 0 bridgehead atoms. The molecule has 1 fully saturated rings. The van der Waals surface area contributed by atoms with E-state index in [1.165, 1.54) is 0 Å². The van der Waals surface area contributed by atoms with Crippen LogP contribution in [0.5, 0.6) is 0 Å². The molecule has 0 aliphatic carbocycles. The first-order valence-electron chi connectivity index (χ1n) is 5.52. The Morgan fingerprint density at radius 3 is 2.88 bits per heavy atom. The van der Waals surface area contributed by atoms with Crippen LogP contribution in [0.4, 0.5) is 0 Å². The van der Waals surface area contributed by atoms with E-state index in [1.54, 1.807) is 0 Å². The Labute approximate surface area is 109 Å². The number of carbonyl (C=O) groups excluding carboxylic acids is 1. The number of amides is 1. The lowest BCUT2D eigenvalue weighted by Crippen LogP contribution is -2.47. The predicted molar refractivity (Wildman–Crippen MR) is 67.5 cm³/mol. The second kappa shape index (κ2) is 5.29. The lowest BCUT2D eigenvalue weighted by atomic mass is 10.1. The third-order valence-corrected chi connectivity index (χ3v) is 4.00. The third kappa shape index (κ3) is 2.94. The molecule has 1 amide bonds. The Morgan fingerprint density at radius 1 is 1.53 bits per heavy atom. The van der Waals surface area contributed by atoms with E-state index in [9.17, 15) is 4.79 Å². The van der Waals surface area contributed by atoms with Crippen LogP contribution < -0.4 is 0 Å². The van der Waals surface area contributed by atoms with Crippen LogP contribution in [0.1, 0.15) is 22.6 Å². The van der Waals surface area contributed by atoms with Gasteiger partial charge in [0.15, 0.2) is 0 Å². The van der Waals surface area contributed by atoms with Crippen molar-refractivity contribution < 1.29 is 4.79 Å². The summed E-state index contributed by atoms with van der Waals surface area (Å²) in [6, 6.07) is 0.427. The molecule has 17 heavy (non-hydrogen) atoms.